The Morgan fingerprint density at radius 2 is 2.12 bits per heavy atom. The van der Waals surface area contributed by atoms with E-state index in [4.69, 9.17) is 10.5 Å². The van der Waals surface area contributed by atoms with Crippen LogP contribution < -0.4 is 5.73 Å². The molecule has 2 fully saturated rings. The van der Waals surface area contributed by atoms with Crippen LogP contribution in [0.2, 0.25) is 0 Å². The third kappa shape index (κ3) is 2.92. The number of hydrogen-bond donors (Lipinski definition) is 1. The van der Waals surface area contributed by atoms with Crippen molar-refractivity contribution < 1.29 is 9.53 Å². The van der Waals surface area contributed by atoms with E-state index in [0.717, 1.165) is 39.1 Å². The Hall–Kier alpha value is -0.320. The van der Waals surface area contributed by atoms with Gasteiger partial charge in [-0.25, -0.2) is 0 Å². The Morgan fingerprint density at radius 1 is 1.41 bits per heavy atom. The van der Waals surface area contributed by atoms with Crippen LogP contribution in [0.4, 0.5) is 0 Å². The van der Waals surface area contributed by atoms with Gasteiger partial charge in [-0.3, -0.25) is 4.79 Å². The molecule has 2 saturated heterocycles. The summed E-state index contributed by atoms with van der Waals surface area (Å²) in [7, 11) is 0. The van der Waals surface area contributed by atoms with Crippen molar-refractivity contribution in [1.29, 1.82) is 0 Å². The van der Waals surface area contributed by atoms with E-state index in [1.54, 1.807) is 0 Å². The lowest BCUT2D eigenvalue weighted by Crippen LogP contribution is -2.46. The zero-order valence-corrected chi connectivity index (χ0v) is 11.5. The van der Waals surface area contributed by atoms with Crippen molar-refractivity contribution in [2.24, 2.45) is 17.1 Å². The number of amides is 1. The first kappa shape index (κ1) is 14.7. The first-order valence-electron chi connectivity index (χ1n) is 6.16. The molecule has 0 aromatic carbocycles. The van der Waals surface area contributed by atoms with Gasteiger partial charge < -0.3 is 15.4 Å². The Bertz CT molecular complexity index is 278. The molecule has 2 aliphatic rings. The van der Waals surface area contributed by atoms with Crippen molar-refractivity contribution in [1.82, 2.24) is 4.90 Å². The minimum Gasteiger partial charge on any atom is -0.381 e. The summed E-state index contributed by atoms with van der Waals surface area (Å²) < 4.78 is 5.45. The van der Waals surface area contributed by atoms with E-state index < -0.39 is 0 Å². The fourth-order valence-corrected chi connectivity index (χ4v) is 2.59. The van der Waals surface area contributed by atoms with E-state index in [-0.39, 0.29) is 35.7 Å². The largest absolute Gasteiger partial charge is 0.381 e. The average Bonchev–Trinajstić information content (AvgIpc) is 2.87. The number of nitrogens with two attached hydrogens (primary N) is 1. The molecule has 0 saturated carbocycles. The van der Waals surface area contributed by atoms with E-state index >= 15 is 0 Å². The average molecular weight is 263 g/mol. The molecule has 100 valence electrons. The van der Waals surface area contributed by atoms with Gasteiger partial charge in [-0.2, -0.15) is 0 Å². The van der Waals surface area contributed by atoms with Gasteiger partial charge in [-0.05, 0) is 18.8 Å². The fourth-order valence-electron chi connectivity index (χ4n) is 2.59. The lowest BCUT2D eigenvalue weighted by atomic mass is 9.87. The first-order valence-corrected chi connectivity index (χ1v) is 6.16. The molecule has 2 heterocycles. The van der Waals surface area contributed by atoms with Crippen LogP contribution in [-0.2, 0) is 9.53 Å². The molecule has 2 atom stereocenters. The fraction of sp³-hybridized carbons (Fsp3) is 0.917. The summed E-state index contributed by atoms with van der Waals surface area (Å²) in [6, 6.07) is -0.350. The molecule has 0 aliphatic carbocycles. The van der Waals surface area contributed by atoms with Crippen LogP contribution in [0.3, 0.4) is 0 Å². The summed E-state index contributed by atoms with van der Waals surface area (Å²) in [5, 5.41) is 0. The number of nitrogens with zero attached hydrogens (tertiary/aromatic N) is 1. The molecule has 2 unspecified atom stereocenters. The zero-order chi connectivity index (χ0) is 11.8. The van der Waals surface area contributed by atoms with Crippen molar-refractivity contribution in [3.8, 4) is 0 Å². The second kappa shape index (κ2) is 5.55. The highest BCUT2D eigenvalue weighted by atomic mass is 35.5. The molecular formula is C12H23ClN2O2. The third-order valence-electron chi connectivity index (χ3n) is 3.94. The summed E-state index contributed by atoms with van der Waals surface area (Å²) in [6.45, 7) is 7.33. The number of halogens is 1. The normalized spacial score (nSPS) is 29.8. The predicted molar refractivity (Wildman–Crippen MR) is 69.1 cm³/mol. The second-order valence-electron chi connectivity index (χ2n) is 5.58. The van der Waals surface area contributed by atoms with Gasteiger partial charge in [-0.1, -0.05) is 13.8 Å². The van der Waals surface area contributed by atoms with Crippen molar-refractivity contribution in [3.63, 3.8) is 0 Å². The SMILES string of the molecule is CC(C)C(N)C(=O)N1CCC2(CCOC2)C1.Cl. The standard InChI is InChI=1S/C12H22N2O2.ClH/c1-9(2)10(13)11(15)14-5-3-12(7-14)4-6-16-8-12;/h9-10H,3-8,13H2,1-2H3;1H. The maximum absolute atomic E-state index is 12.1. The number of carbonyl (C=O) groups excluding carboxylic acids is 1. The van der Waals surface area contributed by atoms with Gasteiger partial charge in [0.25, 0.3) is 0 Å². The Morgan fingerprint density at radius 3 is 2.65 bits per heavy atom. The van der Waals surface area contributed by atoms with Crippen molar-refractivity contribution in [2.75, 3.05) is 26.3 Å². The van der Waals surface area contributed by atoms with Gasteiger partial charge in [0.05, 0.1) is 12.6 Å². The molecule has 0 radical (unpaired) electrons. The van der Waals surface area contributed by atoms with Crippen molar-refractivity contribution >= 4 is 18.3 Å². The number of hydrogen-bond acceptors (Lipinski definition) is 3. The molecule has 2 N–H and O–H groups in total. The molecule has 2 rings (SSSR count). The smallest absolute Gasteiger partial charge is 0.239 e. The summed E-state index contributed by atoms with van der Waals surface area (Å²) in [5.74, 6) is 0.322. The molecule has 0 bridgehead atoms. The molecule has 1 spiro atoms. The zero-order valence-electron chi connectivity index (χ0n) is 10.6. The van der Waals surface area contributed by atoms with E-state index in [0.29, 0.717) is 0 Å². The van der Waals surface area contributed by atoms with Crippen LogP contribution in [0.25, 0.3) is 0 Å². The lowest BCUT2D eigenvalue weighted by Gasteiger charge is -2.25. The van der Waals surface area contributed by atoms with Crippen LogP contribution in [0, 0.1) is 11.3 Å². The van der Waals surface area contributed by atoms with Crippen LogP contribution >= 0.6 is 12.4 Å². The summed E-state index contributed by atoms with van der Waals surface area (Å²) >= 11 is 0. The van der Waals surface area contributed by atoms with Gasteiger partial charge in [-0.15, -0.1) is 12.4 Å². The molecule has 0 aromatic rings. The van der Waals surface area contributed by atoms with Gasteiger partial charge in [0.1, 0.15) is 0 Å². The topological polar surface area (TPSA) is 55.6 Å². The Kier molecular flexibility index (Phi) is 4.81. The number of rotatable bonds is 2. The monoisotopic (exact) mass is 262 g/mol. The highest BCUT2D eigenvalue weighted by Gasteiger charge is 2.43. The van der Waals surface area contributed by atoms with E-state index in [9.17, 15) is 4.79 Å². The Labute approximate surface area is 109 Å². The van der Waals surface area contributed by atoms with Crippen molar-refractivity contribution in [2.45, 2.75) is 32.7 Å². The summed E-state index contributed by atoms with van der Waals surface area (Å²) in [4.78, 5) is 14.0. The highest BCUT2D eigenvalue weighted by molar-refractivity contribution is 5.85. The maximum atomic E-state index is 12.1. The molecule has 2 aliphatic heterocycles. The second-order valence-corrected chi connectivity index (χ2v) is 5.58. The van der Waals surface area contributed by atoms with Gasteiger partial charge in [0.2, 0.25) is 5.91 Å². The van der Waals surface area contributed by atoms with Crippen LogP contribution in [0.5, 0.6) is 0 Å². The van der Waals surface area contributed by atoms with E-state index in [1.807, 2.05) is 18.7 Å². The number of likely N-dealkylation sites (tertiary alicyclic amines) is 1. The van der Waals surface area contributed by atoms with Crippen LogP contribution in [-0.4, -0.2) is 43.2 Å². The van der Waals surface area contributed by atoms with Crippen LogP contribution in [0.15, 0.2) is 0 Å². The summed E-state index contributed by atoms with van der Waals surface area (Å²) in [6.07, 6.45) is 2.16. The quantitative estimate of drug-likeness (QED) is 0.809. The summed E-state index contributed by atoms with van der Waals surface area (Å²) in [5.41, 5.74) is 6.15. The van der Waals surface area contributed by atoms with Crippen LogP contribution in [0.1, 0.15) is 26.7 Å². The Balaban J connectivity index is 0.00000144. The maximum Gasteiger partial charge on any atom is 0.239 e. The van der Waals surface area contributed by atoms with E-state index in [1.165, 1.54) is 0 Å². The lowest BCUT2D eigenvalue weighted by molar-refractivity contribution is -0.132. The third-order valence-corrected chi connectivity index (χ3v) is 3.94. The number of carbonyl (C=O) groups is 1. The minimum absolute atomic E-state index is 0. The molecule has 17 heavy (non-hydrogen) atoms. The minimum atomic E-state index is -0.350. The first-order chi connectivity index (χ1) is 7.54. The van der Waals surface area contributed by atoms with Gasteiger partial charge in [0.15, 0.2) is 0 Å². The molecule has 4 nitrogen and oxygen atoms in total. The van der Waals surface area contributed by atoms with Crippen molar-refractivity contribution in [3.05, 3.63) is 0 Å². The molecule has 0 aromatic heterocycles. The van der Waals surface area contributed by atoms with Gasteiger partial charge in [0, 0.05) is 25.1 Å². The number of ether oxygens (including phenoxy) is 1. The van der Waals surface area contributed by atoms with Gasteiger partial charge >= 0.3 is 0 Å². The predicted octanol–water partition coefficient (Wildman–Crippen LogP) is 1.03. The highest BCUT2D eigenvalue weighted by Crippen LogP contribution is 2.38. The molecule has 1 amide bonds. The van der Waals surface area contributed by atoms with E-state index in [2.05, 4.69) is 0 Å². The molecular weight excluding hydrogens is 240 g/mol. The molecule has 5 heteroatoms.